The highest BCUT2D eigenvalue weighted by Gasteiger charge is 2.30. The van der Waals surface area contributed by atoms with Crippen LogP contribution in [-0.2, 0) is 11.2 Å². The van der Waals surface area contributed by atoms with Gasteiger partial charge < -0.3 is 9.84 Å². The fourth-order valence-electron chi connectivity index (χ4n) is 1.96. The lowest BCUT2D eigenvalue weighted by molar-refractivity contribution is -0.0844. The maximum atomic E-state index is 10.3. The van der Waals surface area contributed by atoms with E-state index in [0.29, 0.717) is 13.0 Å². The minimum Gasteiger partial charge on any atom is -0.387 e. The van der Waals surface area contributed by atoms with Crippen LogP contribution in [0, 0.1) is 0 Å². The minimum absolute atomic E-state index is 0.461. The predicted octanol–water partition coefficient (Wildman–Crippen LogP) is 2.53. The molecule has 0 saturated carbocycles. The molecule has 1 N–H and O–H groups in total. The first-order chi connectivity index (χ1) is 7.18. The van der Waals surface area contributed by atoms with Gasteiger partial charge in [0.1, 0.15) is 0 Å². The summed E-state index contributed by atoms with van der Waals surface area (Å²) in [5, 5.41) is 10.3. The van der Waals surface area contributed by atoms with E-state index < -0.39 is 5.60 Å². The van der Waals surface area contributed by atoms with Crippen LogP contribution < -0.4 is 0 Å². The smallest absolute Gasteiger partial charge is 0.0921 e. The van der Waals surface area contributed by atoms with Crippen molar-refractivity contribution >= 4 is 15.9 Å². The van der Waals surface area contributed by atoms with Gasteiger partial charge in [0.2, 0.25) is 0 Å². The molecule has 1 unspecified atom stereocenters. The first-order valence-electron chi connectivity index (χ1n) is 5.23. The van der Waals surface area contributed by atoms with E-state index in [2.05, 4.69) is 15.9 Å². The molecule has 0 bridgehead atoms. The molecule has 1 aliphatic rings. The number of hydrogen-bond acceptors (Lipinski definition) is 2. The lowest BCUT2D eigenvalue weighted by Gasteiger charge is -2.32. The van der Waals surface area contributed by atoms with Gasteiger partial charge in [0.05, 0.1) is 12.2 Å². The van der Waals surface area contributed by atoms with Crippen molar-refractivity contribution < 1.29 is 9.84 Å². The maximum absolute atomic E-state index is 10.3. The molecule has 1 heterocycles. The summed E-state index contributed by atoms with van der Waals surface area (Å²) in [5.74, 6) is 0. The van der Waals surface area contributed by atoms with Gasteiger partial charge in [-0.2, -0.15) is 0 Å². The summed E-state index contributed by atoms with van der Waals surface area (Å²) in [6.45, 7) is 1.24. The van der Waals surface area contributed by atoms with Crippen LogP contribution in [-0.4, -0.2) is 23.9 Å². The Balaban J connectivity index is 2.03. The summed E-state index contributed by atoms with van der Waals surface area (Å²) in [5.41, 5.74) is 0.498. The van der Waals surface area contributed by atoms with E-state index in [1.165, 1.54) is 0 Å². The van der Waals surface area contributed by atoms with Crippen LogP contribution in [0.1, 0.15) is 18.4 Å². The Bertz CT molecular complexity index is 315. The largest absolute Gasteiger partial charge is 0.387 e. The molecule has 1 atom stereocenters. The quantitative estimate of drug-likeness (QED) is 0.895. The van der Waals surface area contributed by atoms with E-state index in [1.54, 1.807) is 0 Å². The molecule has 0 aromatic heterocycles. The average Bonchev–Trinajstić information content (AvgIpc) is 2.22. The van der Waals surface area contributed by atoms with E-state index in [1.807, 2.05) is 24.3 Å². The number of aliphatic hydroxyl groups is 1. The first kappa shape index (κ1) is 11.1. The molecule has 2 rings (SSSR count). The van der Waals surface area contributed by atoms with Crippen LogP contribution >= 0.6 is 15.9 Å². The Hall–Kier alpha value is -0.380. The van der Waals surface area contributed by atoms with Gasteiger partial charge in [-0.25, -0.2) is 0 Å². The Morgan fingerprint density at radius 2 is 2.07 bits per heavy atom. The summed E-state index contributed by atoms with van der Waals surface area (Å²) in [4.78, 5) is 0. The van der Waals surface area contributed by atoms with Crippen LogP contribution in [0.3, 0.4) is 0 Å². The molecular weight excluding hydrogens is 256 g/mol. The van der Waals surface area contributed by atoms with Crippen molar-refractivity contribution in [2.24, 2.45) is 0 Å². The highest BCUT2D eigenvalue weighted by Crippen LogP contribution is 2.24. The van der Waals surface area contributed by atoms with E-state index >= 15 is 0 Å². The lowest BCUT2D eigenvalue weighted by atomic mass is 9.89. The topological polar surface area (TPSA) is 29.5 Å². The van der Waals surface area contributed by atoms with Gasteiger partial charge in [-0.15, -0.1) is 0 Å². The number of halogens is 1. The molecule has 1 aromatic rings. The number of hydrogen-bond donors (Lipinski definition) is 1. The Morgan fingerprint density at radius 3 is 2.67 bits per heavy atom. The second-order valence-electron chi connectivity index (χ2n) is 4.18. The third-order valence-electron chi connectivity index (χ3n) is 2.75. The molecule has 1 fully saturated rings. The Morgan fingerprint density at radius 1 is 1.33 bits per heavy atom. The third kappa shape index (κ3) is 3.03. The van der Waals surface area contributed by atoms with Crippen molar-refractivity contribution in [1.29, 1.82) is 0 Å². The molecule has 0 aliphatic carbocycles. The fraction of sp³-hybridized carbons (Fsp3) is 0.500. The third-order valence-corrected chi connectivity index (χ3v) is 3.28. The number of ether oxygens (including phenoxy) is 1. The molecule has 1 aromatic carbocycles. The molecule has 82 valence electrons. The van der Waals surface area contributed by atoms with Crippen molar-refractivity contribution in [2.75, 3.05) is 13.2 Å². The highest BCUT2D eigenvalue weighted by molar-refractivity contribution is 9.10. The minimum atomic E-state index is -0.661. The van der Waals surface area contributed by atoms with Gasteiger partial charge in [-0.3, -0.25) is 0 Å². The van der Waals surface area contributed by atoms with Gasteiger partial charge in [-0.05, 0) is 30.5 Å². The van der Waals surface area contributed by atoms with E-state index in [0.717, 1.165) is 29.5 Å². The second-order valence-corrected chi connectivity index (χ2v) is 5.10. The zero-order valence-electron chi connectivity index (χ0n) is 8.58. The Kier molecular flexibility index (Phi) is 3.44. The number of benzene rings is 1. The van der Waals surface area contributed by atoms with Gasteiger partial charge >= 0.3 is 0 Å². The van der Waals surface area contributed by atoms with Crippen LogP contribution in [0.5, 0.6) is 0 Å². The first-order valence-corrected chi connectivity index (χ1v) is 6.02. The molecule has 15 heavy (non-hydrogen) atoms. The van der Waals surface area contributed by atoms with Crippen LogP contribution in [0.2, 0.25) is 0 Å². The lowest BCUT2D eigenvalue weighted by Crippen LogP contribution is -2.40. The summed E-state index contributed by atoms with van der Waals surface area (Å²) < 4.78 is 6.39. The monoisotopic (exact) mass is 270 g/mol. The van der Waals surface area contributed by atoms with Gasteiger partial charge in [-0.1, -0.05) is 28.1 Å². The molecule has 0 amide bonds. The average molecular weight is 271 g/mol. The Labute approximate surface area is 98.4 Å². The fourth-order valence-corrected chi connectivity index (χ4v) is 2.22. The van der Waals surface area contributed by atoms with Gasteiger partial charge in [0, 0.05) is 17.5 Å². The molecule has 2 nitrogen and oxygen atoms in total. The molecule has 0 spiro atoms. The van der Waals surface area contributed by atoms with Crippen LogP contribution in [0.4, 0.5) is 0 Å². The summed E-state index contributed by atoms with van der Waals surface area (Å²) in [6.07, 6.45) is 2.47. The summed E-state index contributed by atoms with van der Waals surface area (Å²) >= 11 is 3.40. The maximum Gasteiger partial charge on any atom is 0.0921 e. The standard InChI is InChI=1S/C12H15BrO2/c13-11-4-2-10(3-5-11)8-12(14)6-1-7-15-9-12/h2-5,14H,1,6-9H2. The molecular formula is C12H15BrO2. The van der Waals surface area contributed by atoms with Gasteiger partial charge in [0.25, 0.3) is 0 Å². The van der Waals surface area contributed by atoms with Crippen molar-refractivity contribution in [1.82, 2.24) is 0 Å². The van der Waals surface area contributed by atoms with E-state index in [-0.39, 0.29) is 0 Å². The van der Waals surface area contributed by atoms with Crippen molar-refractivity contribution in [3.63, 3.8) is 0 Å². The molecule has 3 heteroatoms. The molecule has 1 saturated heterocycles. The molecule has 0 radical (unpaired) electrons. The summed E-state index contributed by atoms with van der Waals surface area (Å²) in [6, 6.07) is 8.08. The van der Waals surface area contributed by atoms with Crippen molar-refractivity contribution in [3.05, 3.63) is 34.3 Å². The number of rotatable bonds is 2. The van der Waals surface area contributed by atoms with Crippen LogP contribution in [0.15, 0.2) is 28.7 Å². The second kappa shape index (κ2) is 4.64. The SMILES string of the molecule is OC1(Cc2ccc(Br)cc2)CCCOC1. The highest BCUT2D eigenvalue weighted by atomic mass is 79.9. The zero-order valence-corrected chi connectivity index (χ0v) is 10.2. The van der Waals surface area contributed by atoms with Crippen molar-refractivity contribution in [3.8, 4) is 0 Å². The van der Waals surface area contributed by atoms with Gasteiger partial charge in [0.15, 0.2) is 0 Å². The zero-order chi connectivity index (χ0) is 10.7. The summed E-state index contributed by atoms with van der Waals surface area (Å²) in [7, 11) is 0. The predicted molar refractivity (Wildman–Crippen MR) is 62.8 cm³/mol. The normalized spacial score (nSPS) is 26.5. The van der Waals surface area contributed by atoms with E-state index in [9.17, 15) is 5.11 Å². The van der Waals surface area contributed by atoms with E-state index in [4.69, 9.17) is 4.74 Å². The van der Waals surface area contributed by atoms with Crippen LogP contribution in [0.25, 0.3) is 0 Å². The molecule has 1 aliphatic heterocycles. The van der Waals surface area contributed by atoms with Crippen molar-refractivity contribution in [2.45, 2.75) is 24.9 Å².